The molecule has 1 unspecified atom stereocenters. The molecule has 0 amide bonds. The Balaban J connectivity index is 2.01. The minimum absolute atomic E-state index is 0.104. The summed E-state index contributed by atoms with van der Waals surface area (Å²) >= 11 is 18.1. The molecule has 0 aliphatic heterocycles. The lowest BCUT2D eigenvalue weighted by atomic mass is 9.91. The Morgan fingerprint density at radius 1 is 0.769 bits per heavy atom. The van der Waals surface area contributed by atoms with Gasteiger partial charge in [-0.15, -0.1) is 0 Å². The molecule has 26 heavy (non-hydrogen) atoms. The first kappa shape index (κ1) is 18.7. The standard InChI is InChI=1S/C22H15Cl3O/c1-26-19-10-6-17(7-11-19)20(16-4-8-18(23)9-5-16)12-2-15-3-13-21(24)22(25)14-15/h3-11,13-14,20H,1H3. The Kier molecular flexibility index (Phi) is 6.12. The molecule has 0 saturated carbocycles. The number of hydrogen-bond donors (Lipinski definition) is 0. The Morgan fingerprint density at radius 3 is 1.96 bits per heavy atom. The highest BCUT2D eigenvalue weighted by atomic mass is 35.5. The lowest BCUT2D eigenvalue weighted by molar-refractivity contribution is 0.414. The van der Waals surface area contributed by atoms with Crippen LogP contribution in [0, 0.1) is 11.8 Å². The van der Waals surface area contributed by atoms with Crippen molar-refractivity contribution in [2.75, 3.05) is 7.11 Å². The molecule has 0 heterocycles. The van der Waals surface area contributed by atoms with Crippen molar-refractivity contribution in [3.05, 3.63) is 98.5 Å². The molecule has 0 radical (unpaired) electrons. The SMILES string of the molecule is COc1ccc(C(C#Cc2ccc(Cl)c(Cl)c2)c2ccc(Cl)cc2)cc1. The molecule has 0 saturated heterocycles. The van der Waals surface area contributed by atoms with Gasteiger partial charge in [-0.2, -0.15) is 0 Å². The smallest absolute Gasteiger partial charge is 0.118 e. The van der Waals surface area contributed by atoms with Crippen LogP contribution in [0.1, 0.15) is 22.6 Å². The van der Waals surface area contributed by atoms with Crippen LogP contribution >= 0.6 is 34.8 Å². The first-order chi connectivity index (χ1) is 12.6. The summed E-state index contributed by atoms with van der Waals surface area (Å²) < 4.78 is 5.24. The highest BCUT2D eigenvalue weighted by Crippen LogP contribution is 2.27. The zero-order chi connectivity index (χ0) is 18.5. The van der Waals surface area contributed by atoms with Gasteiger partial charge < -0.3 is 4.74 Å². The topological polar surface area (TPSA) is 9.23 Å². The molecule has 0 aliphatic rings. The Bertz CT molecular complexity index is 951. The second-order valence-corrected chi connectivity index (χ2v) is 6.91. The van der Waals surface area contributed by atoms with Gasteiger partial charge in [-0.05, 0) is 53.6 Å². The van der Waals surface area contributed by atoms with Gasteiger partial charge in [-0.25, -0.2) is 0 Å². The summed E-state index contributed by atoms with van der Waals surface area (Å²) in [6.45, 7) is 0. The van der Waals surface area contributed by atoms with Gasteiger partial charge >= 0.3 is 0 Å². The predicted molar refractivity (Wildman–Crippen MR) is 110 cm³/mol. The molecule has 0 aliphatic carbocycles. The van der Waals surface area contributed by atoms with Crippen molar-refractivity contribution in [1.82, 2.24) is 0 Å². The lowest BCUT2D eigenvalue weighted by Gasteiger charge is -2.13. The molecule has 1 atom stereocenters. The minimum Gasteiger partial charge on any atom is -0.497 e. The van der Waals surface area contributed by atoms with Gasteiger partial charge in [0.25, 0.3) is 0 Å². The maximum Gasteiger partial charge on any atom is 0.118 e. The number of halogens is 3. The van der Waals surface area contributed by atoms with Crippen LogP contribution in [0.15, 0.2) is 66.7 Å². The van der Waals surface area contributed by atoms with E-state index in [0.29, 0.717) is 15.1 Å². The van der Waals surface area contributed by atoms with Crippen molar-refractivity contribution in [1.29, 1.82) is 0 Å². The average molecular weight is 402 g/mol. The van der Waals surface area contributed by atoms with Crippen LogP contribution in [-0.4, -0.2) is 7.11 Å². The van der Waals surface area contributed by atoms with Gasteiger partial charge in [-0.1, -0.05) is 70.9 Å². The molecule has 0 bridgehead atoms. The molecule has 3 aromatic rings. The second kappa shape index (κ2) is 8.52. The van der Waals surface area contributed by atoms with Crippen LogP contribution in [0.5, 0.6) is 5.75 Å². The fraction of sp³-hybridized carbons (Fsp3) is 0.0909. The molecular weight excluding hydrogens is 387 g/mol. The van der Waals surface area contributed by atoms with E-state index < -0.39 is 0 Å². The quantitative estimate of drug-likeness (QED) is 0.437. The molecule has 1 nitrogen and oxygen atoms in total. The Hall–Kier alpha value is -2.11. The van der Waals surface area contributed by atoms with E-state index in [4.69, 9.17) is 39.5 Å². The van der Waals surface area contributed by atoms with Crippen molar-refractivity contribution >= 4 is 34.8 Å². The number of methoxy groups -OCH3 is 1. The summed E-state index contributed by atoms with van der Waals surface area (Å²) in [6.07, 6.45) is 0. The van der Waals surface area contributed by atoms with Gasteiger partial charge in [0.1, 0.15) is 5.75 Å². The Morgan fingerprint density at radius 2 is 1.38 bits per heavy atom. The third kappa shape index (κ3) is 4.54. The van der Waals surface area contributed by atoms with Gasteiger partial charge in [0.2, 0.25) is 0 Å². The maximum atomic E-state index is 6.09. The van der Waals surface area contributed by atoms with Crippen LogP contribution in [0.2, 0.25) is 15.1 Å². The van der Waals surface area contributed by atoms with E-state index in [1.165, 1.54) is 0 Å². The van der Waals surface area contributed by atoms with E-state index >= 15 is 0 Å². The van der Waals surface area contributed by atoms with Crippen LogP contribution in [0.3, 0.4) is 0 Å². The van der Waals surface area contributed by atoms with Crippen molar-refractivity contribution in [3.63, 3.8) is 0 Å². The van der Waals surface area contributed by atoms with Gasteiger partial charge in [0, 0.05) is 10.6 Å². The molecule has 130 valence electrons. The van der Waals surface area contributed by atoms with Crippen molar-refractivity contribution in [2.45, 2.75) is 5.92 Å². The fourth-order valence-electron chi connectivity index (χ4n) is 2.54. The third-order valence-electron chi connectivity index (χ3n) is 3.93. The van der Waals surface area contributed by atoms with E-state index in [1.807, 2.05) is 54.6 Å². The molecule has 3 aromatic carbocycles. The summed E-state index contributed by atoms with van der Waals surface area (Å²) in [5, 5.41) is 1.70. The normalized spacial score (nSPS) is 11.4. The summed E-state index contributed by atoms with van der Waals surface area (Å²) in [7, 11) is 1.65. The van der Waals surface area contributed by atoms with E-state index in [-0.39, 0.29) is 5.92 Å². The van der Waals surface area contributed by atoms with Crippen LogP contribution in [0.4, 0.5) is 0 Å². The number of hydrogen-bond acceptors (Lipinski definition) is 1. The van der Waals surface area contributed by atoms with Gasteiger partial charge in [0.15, 0.2) is 0 Å². The minimum atomic E-state index is -0.104. The summed E-state index contributed by atoms with van der Waals surface area (Å²) in [4.78, 5) is 0. The number of rotatable bonds is 3. The van der Waals surface area contributed by atoms with Gasteiger partial charge in [0.05, 0.1) is 23.1 Å². The molecule has 4 heteroatoms. The first-order valence-corrected chi connectivity index (χ1v) is 9.06. The van der Waals surface area contributed by atoms with Crippen molar-refractivity contribution < 1.29 is 4.74 Å². The van der Waals surface area contributed by atoms with Crippen molar-refractivity contribution in [3.8, 4) is 17.6 Å². The first-order valence-electron chi connectivity index (χ1n) is 7.93. The molecular formula is C22H15Cl3O. The van der Waals surface area contributed by atoms with Gasteiger partial charge in [-0.3, -0.25) is 0 Å². The molecule has 0 spiro atoms. The molecule has 0 fully saturated rings. The number of ether oxygens (including phenoxy) is 1. The summed E-state index contributed by atoms with van der Waals surface area (Å²) in [6, 6.07) is 21.0. The summed E-state index contributed by atoms with van der Waals surface area (Å²) in [5.74, 6) is 7.23. The fourth-order valence-corrected chi connectivity index (χ4v) is 2.96. The van der Waals surface area contributed by atoms with E-state index in [1.54, 1.807) is 19.2 Å². The van der Waals surface area contributed by atoms with Crippen LogP contribution in [-0.2, 0) is 0 Å². The predicted octanol–water partition coefficient (Wildman–Crippen LogP) is 6.84. The highest BCUT2D eigenvalue weighted by molar-refractivity contribution is 6.42. The zero-order valence-electron chi connectivity index (χ0n) is 14.0. The third-order valence-corrected chi connectivity index (χ3v) is 4.92. The zero-order valence-corrected chi connectivity index (χ0v) is 16.2. The summed E-state index contributed by atoms with van der Waals surface area (Å²) in [5.41, 5.74) is 2.94. The van der Waals surface area contributed by atoms with Crippen LogP contribution in [0.25, 0.3) is 0 Å². The molecule has 0 N–H and O–H groups in total. The largest absolute Gasteiger partial charge is 0.497 e. The Labute approximate surface area is 168 Å². The molecule has 0 aromatic heterocycles. The van der Waals surface area contributed by atoms with E-state index in [9.17, 15) is 0 Å². The second-order valence-electron chi connectivity index (χ2n) is 5.66. The highest BCUT2D eigenvalue weighted by Gasteiger charge is 2.12. The number of benzene rings is 3. The lowest BCUT2D eigenvalue weighted by Crippen LogP contribution is -1.99. The maximum absolute atomic E-state index is 6.09. The monoisotopic (exact) mass is 400 g/mol. The van der Waals surface area contributed by atoms with E-state index in [0.717, 1.165) is 22.4 Å². The van der Waals surface area contributed by atoms with Crippen LogP contribution < -0.4 is 4.74 Å². The van der Waals surface area contributed by atoms with Crippen molar-refractivity contribution in [2.24, 2.45) is 0 Å². The molecule has 3 rings (SSSR count). The van der Waals surface area contributed by atoms with E-state index in [2.05, 4.69) is 11.8 Å². The average Bonchev–Trinajstić information content (AvgIpc) is 2.66.